The second-order valence-electron chi connectivity index (χ2n) is 6.24. The van der Waals surface area contributed by atoms with Crippen LogP contribution < -0.4 is 4.74 Å². The molecule has 10 heteroatoms. The highest BCUT2D eigenvalue weighted by atomic mass is 32.2. The summed E-state index contributed by atoms with van der Waals surface area (Å²) in [7, 11) is -2.02. The number of carbonyl (C=O) groups is 1. The number of Topliss-reactive ketones (excluding diaryl/α,β-unsaturated/α-hetero) is 1. The summed E-state index contributed by atoms with van der Waals surface area (Å²) in [5.41, 5.74) is -0.0103. The predicted molar refractivity (Wildman–Crippen MR) is 93.6 cm³/mol. The summed E-state index contributed by atoms with van der Waals surface area (Å²) in [5, 5.41) is -0.0199. The van der Waals surface area contributed by atoms with Gasteiger partial charge in [0.05, 0.1) is 18.5 Å². The molecule has 1 unspecified atom stereocenters. The molecule has 0 spiro atoms. The van der Waals surface area contributed by atoms with Gasteiger partial charge >= 0.3 is 0 Å². The lowest BCUT2D eigenvalue weighted by atomic mass is 10.1. The largest absolute Gasteiger partial charge is 0.491 e. The number of sulfonamides is 1. The Hall–Kier alpha value is -2.30. The molecule has 1 aliphatic rings. The van der Waals surface area contributed by atoms with Gasteiger partial charge < -0.3 is 14.0 Å². The molecule has 1 aromatic carbocycles. The molecule has 0 amide bonds. The fraction of sp³-hybridized carbons (Fsp3) is 0.412. The molecule has 0 radical (unpaired) electrons. The van der Waals surface area contributed by atoms with E-state index in [4.69, 9.17) is 9.47 Å². The summed E-state index contributed by atoms with van der Waals surface area (Å²) in [6.45, 7) is 1.88. The minimum atomic E-state index is -3.71. The molecule has 0 bridgehead atoms. The zero-order valence-corrected chi connectivity index (χ0v) is 15.8. The molecule has 1 aromatic heterocycles. The van der Waals surface area contributed by atoms with Gasteiger partial charge in [0.1, 0.15) is 24.3 Å². The van der Waals surface area contributed by atoms with Crippen LogP contribution in [-0.4, -0.2) is 60.5 Å². The molecule has 1 saturated heterocycles. The highest BCUT2D eigenvalue weighted by Gasteiger charge is 2.32. The third-order valence-electron chi connectivity index (χ3n) is 4.14. The first kappa shape index (κ1) is 19.5. The SMILES string of the molecule is CC(=O)c1ccc(OCC2CN(S(=O)(=O)c3cn(C)cn3)CCO2)cc1F. The summed E-state index contributed by atoms with van der Waals surface area (Å²) in [4.78, 5) is 15.2. The van der Waals surface area contributed by atoms with Gasteiger partial charge in [0.2, 0.25) is 0 Å². The van der Waals surface area contributed by atoms with E-state index in [1.165, 1.54) is 35.9 Å². The van der Waals surface area contributed by atoms with E-state index in [1.807, 2.05) is 0 Å². The van der Waals surface area contributed by atoms with Gasteiger partial charge in [0, 0.05) is 32.4 Å². The van der Waals surface area contributed by atoms with E-state index in [1.54, 1.807) is 11.6 Å². The Balaban J connectivity index is 1.63. The molecule has 0 aliphatic carbocycles. The molecule has 1 aliphatic heterocycles. The molecular weight excluding hydrogens is 377 g/mol. The average Bonchev–Trinajstić information content (AvgIpc) is 3.07. The van der Waals surface area contributed by atoms with E-state index < -0.39 is 21.9 Å². The maximum absolute atomic E-state index is 13.8. The summed E-state index contributed by atoms with van der Waals surface area (Å²) >= 11 is 0. The van der Waals surface area contributed by atoms with Crippen molar-refractivity contribution in [2.45, 2.75) is 18.1 Å². The normalized spacial score (nSPS) is 18.4. The van der Waals surface area contributed by atoms with Crippen molar-refractivity contribution in [1.29, 1.82) is 0 Å². The van der Waals surface area contributed by atoms with E-state index in [-0.39, 0.29) is 48.4 Å². The number of halogens is 1. The Morgan fingerprint density at radius 1 is 1.44 bits per heavy atom. The number of aryl methyl sites for hydroxylation is 1. The van der Waals surface area contributed by atoms with E-state index in [9.17, 15) is 17.6 Å². The Labute approximate surface area is 156 Å². The molecule has 0 N–H and O–H groups in total. The molecule has 146 valence electrons. The maximum Gasteiger partial charge on any atom is 0.262 e. The molecule has 27 heavy (non-hydrogen) atoms. The second-order valence-corrected chi connectivity index (χ2v) is 8.13. The van der Waals surface area contributed by atoms with Gasteiger partial charge in [-0.3, -0.25) is 4.79 Å². The molecule has 8 nitrogen and oxygen atoms in total. The van der Waals surface area contributed by atoms with Gasteiger partial charge in [-0.2, -0.15) is 4.31 Å². The van der Waals surface area contributed by atoms with Crippen LogP contribution in [0.2, 0.25) is 0 Å². The number of rotatable bonds is 6. The van der Waals surface area contributed by atoms with Crippen LogP contribution in [0, 0.1) is 5.82 Å². The fourth-order valence-corrected chi connectivity index (χ4v) is 4.15. The lowest BCUT2D eigenvalue weighted by molar-refractivity contribution is -0.0250. The Morgan fingerprint density at radius 3 is 2.85 bits per heavy atom. The minimum Gasteiger partial charge on any atom is -0.491 e. The molecule has 2 aromatic rings. The van der Waals surface area contributed by atoms with E-state index in [0.29, 0.717) is 0 Å². The van der Waals surface area contributed by atoms with Crippen molar-refractivity contribution >= 4 is 15.8 Å². The first-order valence-electron chi connectivity index (χ1n) is 8.30. The summed E-state index contributed by atoms with van der Waals surface area (Å²) in [6, 6.07) is 3.97. The van der Waals surface area contributed by atoms with Crippen LogP contribution in [0.4, 0.5) is 4.39 Å². The number of hydrogen-bond acceptors (Lipinski definition) is 6. The maximum atomic E-state index is 13.8. The average molecular weight is 397 g/mol. The zero-order valence-electron chi connectivity index (χ0n) is 15.0. The molecule has 1 atom stereocenters. The van der Waals surface area contributed by atoms with Crippen molar-refractivity contribution in [3.05, 3.63) is 42.1 Å². The molecular formula is C17H20FN3O5S. The van der Waals surface area contributed by atoms with Crippen LogP contribution in [0.1, 0.15) is 17.3 Å². The zero-order chi connectivity index (χ0) is 19.6. The van der Waals surface area contributed by atoms with Crippen LogP contribution in [0.5, 0.6) is 5.75 Å². The lowest BCUT2D eigenvalue weighted by Gasteiger charge is -2.31. The number of aromatic nitrogens is 2. The van der Waals surface area contributed by atoms with Crippen molar-refractivity contribution in [3.8, 4) is 5.75 Å². The summed E-state index contributed by atoms with van der Waals surface area (Å²) < 4.78 is 53.1. The quantitative estimate of drug-likeness (QED) is 0.681. The third-order valence-corrected chi connectivity index (χ3v) is 5.89. The highest BCUT2D eigenvalue weighted by Crippen LogP contribution is 2.20. The monoisotopic (exact) mass is 397 g/mol. The smallest absolute Gasteiger partial charge is 0.262 e. The molecule has 3 rings (SSSR count). The fourth-order valence-electron chi connectivity index (χ4n) is 2.73. The first-order valence-corrected chi connectivity index (χ1v) is 9.74. The van der Waals surface area contributed by atoms with Gasteiger partial charge in [0.25, 0.3) is 10.0 Å². The van der Waals surface area contributed by atoms with Crippen molar-refractivity contribution in [3.63, 3.8) is 0 Å². The number of benzene rings is 1. The molecule has 1 fully saturated rings. The van der Waals surface area contributed by atoms with Gasteiger partial charge in [-0.1, -0.05) is 0 Å². The first-order chi connectivity index (χ1) is 12.8. The van der Waals surface area contributed by atoms with E-state index in [0.717, 1.165) is 6.07 Å². The molecule has 2 heterocycles. The number of nitrogens with zero attached hydrogens (tertiary/aromatic N) is 3. The number of imidazole rings is 1. The minimum absolute atomic E-state index is 0.0103. The van der Waals surface area contributed by atoms with Gasteiger partial charge in [0.15, 0.2) is 10.8 Å². The Bertz CT molecular complexity index is 944. The number of ether oxygens (including phenoxy) is 2. The van der Waals surface area contributed by atoms with Gasteiger partial charge in [-0.15, -0.1) is 0 Å². The Morgan fingerprint density at radius 2 is 2.22 bits per heavy atom. The number of carbonyl (C=O) groups excluding carboxylic acids is 1. The summed E-state index contributed by atoms with van der Waals surface area (Å²) in [6.07, 6.45) is 2.36. The van der Waals surface area contributed by atoms with Crippen LogP contribution in [0.25, 0.3) is 0 Å². The second kappa shape index (κ2) is 7.75. The number of ketones is 1. The lowest BCUT2D eigenvalue weighted by Crippen LogP contribution is -2.47. The van der Waals surface area contributed by atoms with E-state index in [2.05, 4.69) is 4.98 Å². The standard InChI is InChI=1S/C17H20FN3O5S/c1-12(22)15-4-3-13(7-16(15)18)26-10-14-8-21(5-6-25-14)27(23,24)17-9-20(2)11-19-17/h3-4,7,9,11,14H,5-6,8,10H2,1-2H3. The molecule has 0 saturated carbocycles. The van der Waals surface area contributed by atoms with Crippen molar-refractivity contribution in [1.82, 2.24) is 13.9 Å². The van der Waals surface area contributed by atoms with E-state index >= 15 is 0 Å². The number of hydrogen-bond donors (Lipinski definition) is 0. The van der Waals surface area contributed by atoms with Crippen molar-refractivity contribution in [2.75, 3.05) is 26.3 Å². The topological polar surface area (TPSA) is 90.7 Å². The van der Waals surface area contributed by atoms with Gasteiger partial charge in [-0.05, 0) is 19.1 Å². The van der Waals surface area contributed by atoms with Gasteiger partial charge in [-0.25, -0.2) is 17.8 Å². The number of morpholine rings is 1. The predicted octanol–water partition coefficient (Wildman–Crippen LogP) is 1.23. The summed E-state index contributed by atoms with van der Waals surface area (Å²) in [5.74, 6) is -0.792. The van der Waals surface area contributed by atoms with Crippen molar-refractivity contribution < 1.29 is 27.1 Å². The van der Waals surface area contributed by atoms with Crippen LogP contribution in [-0.2, 0) is 21.8 Å². The third kappa shape index (κ3) is 4.34. The van der Waals surface area contributed by atoms with Crippen LogP contribution in [0.3, 0.4) is 0 Å². The van der Waals surface area contributed by atoms with Crippen LogP contribution in [0.15, 0.2) is 35.7 Å². The highest BCUT2D eigenvalue weighted by molar-refractivity contribution is 7.89. The Kier molecular flexibility index (Phi) is 5.59. The van der Waals surface area contributed by atoms with Crippen molar-refractivity contribution in [2.24, 2.45) is 7.05 Å². The van der Waals surface area contributed by atoms with Crippen LogP contribution >= 0.6 is 0 Å².